The fraction of sp³-hybridized carbons (Fsp3) is 0.800. The second-order valence-corrected chi connectivity index (χ2v) is 2.43. The van der Waals surface area contributed by atoms with Crippen LogP contribution in [0.25, 0.3) is 0 Å². The van der Waals surface area contributed by atoms with E-state index in [9.17, 15) is 0 Å². The van der Waals surface area contributed by atoms with Crippen molar-refractivity contribution in [3.8, 4) is 0 Å². The predicted molar refractivity (Wildman–Crippen MR) is 40.0 cm³/mol. The first kappa shape index (κ1) is 7.82. The van der Waals surface area contributed by atoms with Gasteiger partial charge in [-0.05, 0) is 12.2 Å². The number of hydrogen-bond acceptors (Lipinski definition) is 3. The fourth-order valence-electron chi connectivity index (χ4n) is 0.323. The molecule has 2 N–H and O–H groups in total. The van der Waals surface area contributed by atoms with Gasteiger partial charge in [0, 0.05) is 0 Å². The van der Waals surface area contributed by atoms with E-state index in [0.29, 0.717) is 0 Å². The lowest BCUT2D eigenvalue weighted by molar-refractivity contribution is 0.898. The van der Waals surface area contributed by atoms with Crippen LogP contribution < -0.4 is 5.84 Å². The summed E-state index contributed by atoms with van der Waals surface area (Å²) in [7, 11) is 0. The zero-order valence-corrected chi connectivity index (χ0v) is 5.95. The van der Waals surface area contributed by atoms with E-state index in [4.69, 9.17) is 5.84 Å². The minimum Gasteiger partial charge on any atom is -0.323 e. The van der Waals surface area contributed by atoms with Crippen molar-refractivity contribution >= 4 is 17.3 Å². The molecule has 0 aliphatic carbocycles. The first-order chi connectivity index (χ1) is 3.91. The van der Waals surface area contributed by atoms with E-state index in [2.05, 4.69) is 12.0 Å². The number of unbranched alkanes of at least 4 members (excludes halogenated alkanes) is 1. The zero-order chi connectivity index (χ0) is 6.24. The second-order valence-electron chi connectivity index (χ2n) is 1.48. The Labute approximate surface area is 54.5 Å². The minimum absolute atomic E-state index is 1.14. The Balaban J connectivity index is 2.72. The molecular weight excluding hydrogens is 120 g/mol. The van der Waals surface area contributed by atoms with Crippen molar-refractivity contribution in [2.24, 2.45) is 10.9 Å². The Morgan fingerprint density at radius 2 is 2.50 bits per heavy atom. The first-order valence-electron chi connectivity index (χ1n) is 2.75. The van der Waals surface area contributed by atoms with Crippen molar-refractivity contribution in [3.63, 3.8) is 0 Å². The normalized spacial score (nSPS) is 10.6. The summed E-state index contributed by atoms with van der Waals surface area (Å²) in [5.74, 6) is 6.00. The third kappa shape index (κ3) is 5.82. The van der Waals surface area contributed by atoms with Crippen LogP contribution in [0.3, 0.4) is 0 Å². The van der Waals surface area contributed by atoms with Crippen LogP contribution in [0, 0.1) is 0 Å². The van der Waals surface area contributed by atoms with Crippen LogP contribution in [0.1, 0.15) is 19.8 Å². The van der Waals surface area contributed by atoms with Gasteiger partial charge in [-0.25, -0.2) is 0 Å². The van der Waals surface area contributed by atoms with Crippen LogP contribution in [-0.2, 0) is 0 Å². The molecule has 0 bridgehead atoms. The average Bonchev–Trinajstić information content (AvgIpc) is 1.81. The van der Waals surface area contributed by atoms with Crippen LogP contribution in [0.4, 0.5) is 0 Å². The van der Waals surface area contributed by atoms with Gasteiger partial charge in [0.25, 0.3) is 0 Å². The third-order valence-corrected chi connectivity index (χ3v) is 1.55. The molecule has 0 amide bonds. The molecule has 3 heteroatoms. The average molecular weight is 132 g/mol. The van der Waals surface area contributed by atoms with Gasteiger partial charge in [0.1, 0.15) is 0 Å². The van der Waals surface area contributed by atoms with Gasteiger partial charge in [-0.1, -0.05) is 13.3 Å². The number of rotatable bonds is 4. The molecule has 2 nitrogen and oxygen atoms in total. The Kier molecular flexibility index (Phi) is 6.67. The standard InChI is InChI=1S/C5H12N2S/c1-2-3-4-8-5-7-6/h5H,2-4,6H2,1H3/b7-5+. The lowest BCUT2D eigenvalue weighted by Gasteiger charge is -1.88. The summed E-state index contributed by atoms with van der Waals surface area (Å²) in [6, 6.07) is 0. The quantitative estimate of drug-likeness (QED) is 0.206. The SMILES string of the molecule is CCCCS/C=N/N. The topological polar surface area (TPSA) is 38.4 Å². The summed E-state index contributed by atoms with van der Waals surface area (Å²) in [5.41, 5.74) is 1.68. The molecule has 0 heterocycles. The summed E-state index contributed by atoms with van der Waals surface area (Å²) < 4.78 is 0. The molecule has 8 heavy (non-hydrogen) atoms. The molecule has 0 aromatic rings. The molecule has 0 aromatic heterocycles. The molecule has 0 fully saturated rings. The second kappa shape index (κ2) is 6.82. The van der Waals surface area contributed by atoms with Gasteiger partial charge in [-0.3, -0.25) is 0 Å². The number of nitrogens with zero attached hydrogens (tertiary/aromatic N) is 1. The van der Waals surface area contributed by atoms with E-state index >= 15 is 0 Å². The highest BCUT2D eigenvalue weighted by Gasteiger charge is 1.79. The molecule has 0 unspecified atom stereocenters. The van der Waals surface area contributed by atoms with Crippen molar-refractivity contribution < 1.29 is 0 Å². The van der Waals surface area contributed by atoms with E-state index in [1.807, 2.05) is 0 Å². The highest BCUT2D eigenvalue weighted by atomic mass is 32.2. The zero-order valence-electron chi connectivity index (χ0n) is 5.13. The largest absolute Gasteiger partial charge is 0.323 e. The Morgan fingerprint density at radius 3 is 3.00 bits per heavy atom. The van der Waals surface area contributed by atoms with Crippen LogP contribution in [-0.4, -0.2) is 11.3 Å². The van der Waals surface area contributed by atoms with Crippen LogP contribution in [0.15, 0.2) is 5.10 Å². The molecule has 0 saturated heterocycles. The van der Waals surface area contributed by atoms with E-state index in [1.165, 1.54) is 12.8 Å². The molecule has 0 aromatic carbocycles. The monoisotopic (exact) mass is 132 g/mol. The Bertz CT molecular complexity index is 63.4. The molecule has 0 atom stereocenters. The van der Waals surface area contributed by atoms with E-state index in [0.717, 1.165) is 5.75 Å². The number of thioether (sulfide) groups is 1. The fourth-order valence-corrected chi connectivity index (χ4v) is 0.970. The van der Waals surface area contributed by atoms with Crippen LogP contribution in [0.5, 0.6) is 0 Å². The van der Waals surface area contributed by atoms with Gasteiger partial charge in [0.05, 0.1) is 5.55 Å². The van der Waals surface area contributed by atoms with E-state index in [1.54, 1.807) is 17.3 Å². The smallest absolute Gasteiger partial charge is 0.0794 e. The van der Waals surface area contributed by atoms with Gasteiger partial charge in [0.15, 0.2) is 0 Å². The molecule has 0 aliphatic heterocycles. The molecule has 0 rings (SSSR count). The van der Waals surface area contributed by atoms with Crippen LogP contribution >= 0.6 is 11.8 Å². The highest BCUT2D eigenvalue weighted by molar-refractivity contribution is 8.12. The summed E-state index contributed by atoms with van der Waals surface area (Å²) in [6.45, 7) is 2.17. The predicted octanol–water partition coefficient (Wildman–Crippen LogP) is 1.42. The lowest BCUT2D eigenvalue weighted by atomic mass is 10.4. The Morgan fingerprint density at radius 1 is 1.75 bits per heavy atom. The summed E-state index contributed by atoms with van der Waals surface area (Å²) in [5, 5.41) is 3.35. The first-order valence-corrected chi connectivity index (χ1v) is 3.80. The number of hydrogen-bond donors (Lipinski definition) is 1. The Hall–Kier alpha value is -0.180. The number of nitrogens with two attached hydrogens (primary N) is 1. The molecular formula is C5H12N2S. The molecule has 48 valence electrons. The van der Waals surface area contributed by atoms with Gasteiger partial charge < -0.3 is 5.84 Å². The maximum atomic E-state index is 4.86. The maximum Gasteiger partial charge on any atom is 0.0794 e. The van der Waals surface area contributed by atoms with Crippen molar-refractivity contribution in [1.29, 1.82) is 0 Å². The van der Waals surface area contributed by atoms with E-state index < -0.39 is 0 Å². The van der Waals surface area contributed by atoms with Crippen molar-refractivity contribution in [2.75, 3.05) is 5.75 Å². The number of hydrazone groups is 1. The highest BCUT2D eigenvalue weighted by Crippen LogP contribution is 1.98. The van der Waals surface area contributed by atoms with Gasteiger partial charge in [-0.2, -0.15) is 5.10 Å². The lowest BCUT2D eigenvalue weighted by Crippen LogP contribution is -1.80. The molecule has 0 aliphatic rings. The molecule has 0 saturated carbocycles. The summed E-state index contributed by atoms with van der Waals surface area (Å²) in [4.78, 5) is 0. The minimum atomic E-state index is 1.14. The van der Waals surface area contributed by atoms with Gasteiger partial charge in [-0.15, -0.1) is 11.8 Å². The van der Waals surface area contributed by atoms with Crippen molar-refractivity contribution in [3.05, 3.63) is 0 Å². The molecule has 0 spiro atoms. The van der Waals surface area contributed by atoms with Gasteiger partial charge >= 0.3 is 0 Å². The van der Waals surface area contributed by atoms with E-state index in [-0.39, 0.29) is 0 Å². The maximum absolute atomic E-state index is 4.86. The van der Waals surface area contributed by atoms with Crippen molar-refractivity contribution in [1.82, 2.24) is 0 Å². The van der Waals surface area contributed by atoms with Crippen LogP contribution in [0.2, 0.25) is 0 Å². The molecule has 0 radical (unpaired) electrons. The third-order valence-electron chi connectivity index (χ3n) is 0.751. The van der Waals surface area contributed by atoms with Gasteiger partial charge in [0.2, 0.25) is 0 Å². The summed E-state index contributed by atoms with van der Waals surface area (Å²) >= 11 is 1.66. The summed E-state index contributed by atoms with van der Waals surface area (Å²) in [6.07, 6.45) is 2.49. The van der Waals surface area contributed by atoms with Crippen molar-refractivity contribution in [2.45, 2.75) is 19.8 Å².